The number of methoxy groups -OCH3 is 2. The third-order valence-corrected chi connectivity index (χ3v) is 4.82. The quantitative estimate of drug-likeness (QED) is 0.362. The minimum atomic E-state index is -4.43. The Bertz CT molecular complexity index is 1120. The van der Waals surface area contributed by atoms with Crippen molar-refractivity contribution < 1.29 is 31.8 Å². The minimum absolute atomic E-state index is 0.102. The summed E-state index contributed by atoms with van der Waals surface area (Å²) in [6.07, 6.45) is -4.43. The smallest absolute Gasteiger partial charge is 0.416 e. The Morgan fingerprint density at radius 1 is 0.906 bits per heavy atom. The third kappa shape index (κ3) is 4.93. The van der Waals surface area contributed by atoms with E-state index in [9.17, 15) is 22.4 Å². The van der Waals surface area contributed by atoms with Gasteiger partial charge in [-0.1, -0.05) is 0 Å². The standard InChI is InChI=1S/C23H20F4N2O3/c1-29(15-6-4-14(5-7-15)23(25,26)27)16-8-10-21(19(24)12-16)28-20-11-9-17(31-2)13-18(20)22(30)32-3/h4-13,28H,1-3H3. The van der Waals surface area contributed by atoms with E-state index in [-0.39, 0.29) is 11.3 Å². The van der Waals surface area contributed by atoms with Crippen LogP contribution in [0.3, 0.4) is 0 Å². The van der Waals surface area contributed by atoms with E-state index in [1.54, 1.807) is 30.1 Å². The number of benzene rings is 3. The largest absolute Gasteiger partial charge is 0.497 e. The molecule has 0 amide bonds. The van der Waals surface area contributed by atoms with Crippen molar-refractivity contribution in [1.29, 1.82) is 0 Å². The van der Waals surface area contributed by atoms with Gasteiger partial charge in [0.25, 0.3) is 0 Å². The summed E-state index contributed by atoms with van der Waals surface area (Å²) in [6.45, 7) is 0. The van der Waals surface area contributed by atoms with Crippen LogP contribution in [0, 0.1) is 5.82 Å². The van der Waals surface area contributed by atoms with Gasteiger partial charge in [-0.15, -0.1) is 0 Å². The summed E-state index contributed by atoms with van der Waals surface area (Å²) >= 11 is 0. The molecule has 0 aromatic heterocycles. The molecule has 168 valence electrons. The molecule has 9 heteroatoms. The molecule has 0 bridgehead atoms. The van der Waals surface area contributed by atoms with E-state index in [1.165, 1.54) is 44.6 Å². The molecule has 0 atom stereocenters. The molecule has 0 aliphatic heterocycles. The fourth-order valence-electron chi connectivity index (χ4n) is 3.02. The van der Waals surface area contributed by atoms with Crippen LogP contribution in [0.4, 0.5) is 40.3 Å². The molecule has 3 aromatic rings. The van der Waals surface area contributed by atoms with Gasteiger partial charge in [0, 0.05) is 18.4 Å². The maximum Gasteiger partial charge on any atom is 0.416 e. The molecule has 0 aliphatic rings. The number of nitrogens with zero attached hydrogens (tertiary/aromatic N) is 1. The van der Waals surface area contributed by atoms with Crippen molar-refractivity contribution in [3.05, 3.63) is 77.6 Å². The molecule has 5 nitrogen and oxygen atoms in total. The van der Waals surface area contributed by atoms with Crippen LogP contribution in [0.1, 0.15) is 15.9 Å². The Kier molecular flexibility index (Phi) is 6.57. The zero-order valence-corrected chi connectivity index (χ0v) is 17.5. The number of halogens is 4. The molecule has 0 saturated heterocycles. The second kappa shape index (κ2) is 9.17. The summed E-state index contributed by atoms with van der Waals surface area (Å²) in [5.74, 6) is -0.803. The summed E-state index contributed by atoms with van der Waals surface area (Å²) in [5, 5.41) is 2.86. The van der Waals surface area contributed by atoms with Crippen LogP contribution in [0.15, 0.2) is 60.7 Å². The van der Waals surface area contributed by atoms with Gasteiger partial charge in [-0.3, -0.25) is 0 Å². The van der Waals surface area contributed by atoms with Gasteiger partial charge in [0.2, 0.25) is 0 Å². The zero-order chi connectivity index (χ0) is 23.5. The summed E-state index contributed by atoms with van der Waals surface area (Å²) in [6, 6.07) is 13.5. The highest BCUT2D eigenvalue weighted by Gasteiger charge is 2.30. The predicted molar refractivity (Wildman–Crippen MR) is 114 cm³/mol. The predicted octanol–water partition coefficient (Wildman–Crippen LogP) is 6.15. The van der Waals surface area contributed by atoms with Gasteiger partial charge in [-0.05, 0) is 60.7 Å². The lowest BCUT2D eigenvalue weighted by molar-refractivity contribution is -0.137. The van der Waals surface area contributed by atoms with Crippen molar-refractivity contribution in [3.63, 3.8) is 0 Å². The normalized spacial score (nSPS) is 11.1. The molecule has 3 aromatic carbocycles. The fourth-order valence-corrected chi connectivity index (χ4v) is 3.02. The second-order valence-electron chi connectivity index (χ2n) is 6.80. The first-order valence-corrected chi connectivity index (χ1v) is 9.38. The molecule has 1 N–H and O–H groups in total. The van der Waals surface area contributed by atoms with Crippen LogP contribution < -0.4 is 15.0 Å². The Labute approximate surface area is 182 Å². The second-order valence-corrected chi connectivity index (χ2v) is 6.80. The number of ether oxygens (including phenoxy) is 2. The summed E-state index contributed by atoms with van der Waals surface area (Å²) in [7, 11) is 4.30. The van der Waals surface area contributed by atoms with Crippen molar-refractivity contribution in [2.75, 3.05) is 31.5 Å². The Hall–Kier alpha value is -3.75. The first kappa shape index (κ1) is 22.9. The van der Waals surface area contributed by atoms with Crippen LogP contribution in [0.5, 0.6) is 5.75 Å². The summed E-state index contributed by atoms with van der Waals surface area (Å²) < 4.78 is 63.0. The van der Waals surface area contributed by atoms with E-state index in [2.05, 4.69) is 5.32 Å². The van der Waals surface area contributed by atoms with E-state index in [1.807, 2.05) is 0 Å². The zero-order valence-electron chi connectivity index (χ0n) is 17.5. The summed E-state index contributed by atoms with van der Waals surface area (Å²) in [4.78, 5) is 13.6. The van der Waals surface area contributed by atoms with Gasteiger partial charge >= 0.3 is 12.1 Å². The van der Waals surface area contributed by atoms with E-state index in [4.69, 9.17) is 9.47 Å². The molecule has 0 radical (unpaired) electrons. The van der Waals surface area contributed by atoms with Crippen molar-refractivity contribution in [1.82, 2.24) is 0 Å². The van der Waals surface area contributed by atoms with Gasteiger partial charge in [0.15, 0.2) is 0 Å². The number of nitrogens with one attached hydrogen (secondary N) is 1. The molecular formula is C23H20F4N2O3. The van der Waals surface area contributed by atoms with Gasteiger partial charge in [-0.2, -0.15) is 13.2 Å². The van der Waals surface area contributed by atoms with E-state index >= 15 is 0 Å². The van der Waals surface area contributed by atoms with E-state index in [0.717, 1.165) is 12.1 Å². The number of hydrogen-bond acceptors (Lipinski definition) is 5. The van der Waals surface area contributed by atoms with E-state index in [0.29, 0.717) is 22.8 Å². The lowest BCUT2D eigenvalue weighted by Gasteiger charge is -2.21. The van der Waals surface area contributed by atoms with Crippen LogP contribution in [0.25, 0.3) is 0 Å². The molecule has 32 heavy (non-hydrogen) atoms. The number of carbonyl (C=O) groups is 1. The highest BCUT2D eigenvalue weighted by atomic mass is 19.4. The molecule has 0 fully saturated rings. The van der Waals surface area contributed by atoms with E-state index < -0.39 is 23.5 Å². The maximum atomic E-state index is 14.8. The number of alkyl halides is 3. The number of anilines is 4. The average Bonchev–Trinajstić information content (AvgIpc) is 2.79. The van der Waals surface area contributed by atoms with Crippen molar-refractivity contribution in [2.24, 2.45) is 0 Å². The van der Waals surface area contributed by atoms with Crippen LogP contribution >= 0.6 is 0 Å². The molecule has 0 spiro atoms. The number of rotatable bonds is 6. The molecule has 0 saturated carbocycles. The Balaban J connectivity index is 1.85. The summed E-state index contributed by atoms with van der Waals surface area (Å²) in [5.41, 5.74) is 0.709. The van der Waals surface area contributed by atoms with Crippen molar-refractivity contribution in [3.8, 4) is 5.75 Å². The van der Waals surface area contributed by atoms with Crippen molar-refractivity contribution >= 4 is 28.7 Å². The highest BCUT2D eigenvalue weighted by Crippen LogP contribution is 2.33. The monoisotopic (exact) mass is 448 g/mol. The number of hydrogen-bond donors (Lipinski definition) is 1. The average molecular weight is 448 g/mol. The van der Waals surface area contributed by atoms with Gasteiger partial charge in [-0.25, -0.2) is 9.18 Å². The van der Waals surface area contributed by atoms with Crippen molar-refractivity contribution in [2.45, 2.75) is 6.18 Å². The van der Waals surface area contributed by atoms with Gasteiger partial charge < -0.3 is 19.7 Å². The molecule has 0 unspecified atom stereocenters. The SMILES string of the molecule is COC(=O)c1cc(OC)ccc1Nc1ccc(N(C)c2ccc(C(F)(F)F)cc2)cc1F. The van der Waals surface area contributed by atoms with Gasteiger partial charge in [0.1, 0.15) is 11.6 Å². The number of esters is 1. The molecule has 3 rings (SSSR count). The maximum absolute atomic E-state index is 14.8. The lowest BCUT2D eigenvalue weighted by atomic mass is 10.1. The third-order valence-electron chi connectivity index (χ3n) is 4.82. The first-order valence-electron chi connectivity index (χ1n) is 9.38. The minimum Gasteiger partial charge on any atom is -0.497 e. The van der Waals surface area contributed by atoms with Crippen LogP contribution in [0.2, 0.25) is 0 Å². The fraction of sp³-hybridized carbons (Fsp3) is 0.174. The molecule has 0 heterocycles. The van der Waals surface area contributed by atoms with Gasteiger partial charge in [0.05, 0.1) is 36.7 Å². The molecular weight excluding hydrogens is 428 g/mol. The topological polar surface area (TPSA) is 50.8 Å². The number of carbonyl (C=O) groups excluding carboxylic acids is 1. The first-order chi connectivity index (χ1) is 15.1. The highest BCUT2D eigenvalue weighted by molar-refractivity contribution is 5.97. The van der Waals surface area contributed by atoms with Crippen LogP contribution in [-0.2, 0) is 10.9 Å². The lowest BCUT2D eigenvalue weighted by Crippen LogP contribution is -2.11. The Morgan fingerprint density at radius 3 is 2.09 bits per heavy atom. The van der Waals surface area contributed by atoms with Crippen LogP contribution in [-0.4, -0.2) is 27.2 Å². The molecule has 0 aliphatic carbocycles. The Morgan fingerprint density at radius 2 is 1.53 bits per heavy atom.